The molecule has 3 aromatic rings. The molecule has 1 atom stereocenters. The van der Waals surface area contributed by atoms with Gasteiger partial charge in [0.15, 0.2) is 0 Å². The number of rotatable bonds is 7. The number of carbonyl (C=O) groups excluding carboxylic acids is 2. The fourth-order valence-corrected chi connectivity index (χ4v) is 5.14. The van der Waals surface area contributed by atoms with Gasteiger partial charge in [0, 0.05) is 62.1 Å². The van der Waals surface area contributed by atoms with Gasteiger partial charge < -0.3 is 25.0 Å². The number of nitrogens with one attached hydrogen (secondary N) is 1. The maximum atomic E-state index is 13.0. The normalized spacial score (nSPS) is 17.7. The number of phenols is 1. The van der Waals surface area contributed by atoms with Crippen molar-refractivity contribution in [2.45, 2.75) is 6.42 Å². The molecule has 0 saturated carbocycles. The summed E-state index contributed by atoms with van der Waals surface area (Å²) in [7, 11) is 1.54. The van der Waals surface area contributed by atoms with E-state index in [2.05, 4.69) is 32.3 Å². The quantitative estimate of drug-likeness (QED) is 0.432. The Balaban J connectivity index is 1.07. The number of piperazine rings is 1. The second-order valence-corrected chi connectivity index (χ2v) is 10.2. The minimum atomic E-state index is -0.199. The molecule has 39 heavy (non-hydrogen) atoms. The van der Waals surface area contributed by atoms with E-state index in [-0.39, 0.29) is 28.5 Å². The van der Waals surface area contributed by atoms with Crippen molar-refractivity contribution in [1.29, 1.82) is 0 Å². The van der Waals surface area contributed by atoms with Crippen molar-refractivity contribution in [2.24, 2.45) is 5.92 Å². The Hall–Kier alpha value is -3.89. The molecule has 0 radical (unpaired) electrons. The zero-order valence-corrected chi connectivity index (χ0v) is 22.5. The number of carbonyl (C=O) groups is 2. The standard InChI is InChI=1S/C28H31ClN6O4/c1-39-28-30-15-21(16-31-28)19-2-5-23(6-3-19)34-10-12-35(13-11-34)26(37)18-33-9-8-20(17-33)27(38)32-22-4-7-25(36)24(29)14-22/h2-7,14-16,20,36H,8-13,17-18H2,1H3,(H,32,38)/t20-/m1/s1. The summed E-state index contributed by atoms with van der Waals surface area (Å²) in [5.41, 5.74) is 3.60. The Morgan fingerprint density at radius 2 is 1.74 bits per heavy atom. The van der Waals surface area contributed by atoms with Crippen molar-refractivity contribution in [3.05, 3.63) is 59.9 Å². The molecule has 2 aliphatic rings. The zero-order chi connectivity index (χ0) is 27.4. The number of likely N-dealkylation sites (tertiary alicyclic amines) is 1. The molecule has 0 bridgehead atoms. The highest BCUT2D eigenvalue weighted by Crippen LogP contribution is 2.27. The molecule has 2 N–H and O–H groups in total. The molecule has 2 saturated heterocycles. The van der Waals surface area contributed by atoms with Crippen LogP contribution in [0.15, 0.2) is 54.9 Å². The third-order valence-corrected chi connectivity index (χ3v) is 7.53. The number of benzene rings is 2. The predicted molar refractivity (Wildman–Crippen MR) is 149 cm³/mol. The van der Waals surface area contributed by atoms with Crippen LogP contribution < -0.4 is 15.0 Å². The van der Waals surface area contributed by atoms with Crippen molar-refractivity contribution in [3.63, 3.8) is 0 Å². The first-order valence-corrected chi connectivity index (χ1v) is 13.3. The van der Waals surface area contributed by atoms with E-state index >= 15 is 0 Å². The molecule has 2 aromatic carbocycles. The largest absolute Gasteiger partial charge is 0.506 e. The highest BCUT2D eigenvalue weighted by molar-refractivity contribution is 6.32. The summed E-state index contributed by atoms with van der Waals surface area (Å²) < 4.78 is 5.02. The van der Waals surface area contributed by atoms with Gasteiger partial charge in [-0.3, -0.25) is 14.5 Å². The smallest absolute Gasteiger partial charge is 0.316 e. The van der Waals surface area contributed by atoms with Crippen LogP contribution in [0.5, 0.6) is 11.8 Å². The van der Waals surface area contributed by atoms with Crippen molar-refractivity contribution in [1.82, 2.24) is 19.8 Å². The molecule has 2 aliphatic heterocycles. The first-order valence-electron chi connectivity index (χ1n) is 12.9. The lowest BCUT2D eigenvalue weighted by atomic mass is 10.1. The van der Waals surface area contributed by atoms with Crippen LogP contribution in [0, 0.1) is 5.92 Å². The number of halogens is 1. The summed E-state index contributed by atoms with van der Waals surface area (Å²) in [6.07, 6.45) is 4.18. The number of phenolic OH excluding ortho intramolecular Hbond substituents is 1. The molecule has 0 spiro atoms. The lowest BCUT2D eigenvalue weighted by molar-refractivity contribution is -0.132. The first kappa shape index (κ1) is 26.7. The van der Waals surface area contributed by atoms with E-state index < -0.39 is 0 Å². The molecule has 204 valence electrons. The summed E-state index contributed by atoms with van der Waals surface area (Å²) in [4.78, 5) is 40.2. The van der Waals surface area contributed by atoms with Crippen LogP contribution in [-0.2, 0) is 9.59 Å². The molecule has 11 heteroatoms. The van der Waals surface area contributed by atoms with E-state index in [9.17, 15) is 14.7 Å². The molecular formula is C28H31ClN6O4. The van der Waals surface area contributed by atoms with E-state index in [1.165, 1.54) is 12.1 Å². The number of hydrogen-bond acceptors (Lipinski definition) is 8. The van der Waals surface area contributed by atoms with Gasteiger partial charge in [-0.05, 0) is 48.9 Å². The number of nitrogens with zero attached hydrogens (tertiary/aromatic N) is 5. The van der Waals surface area contributed by atoms with Gasteiger partial charge in [-0.15, -0.1) is 0 Å². The second-order valence-electron chi connectivity index (χ2n) is 9.75. The summed E-state index contributed by atoms with van der Waals surface area (Å²) in [6.45, 7) is 4.39. The maximum absolute atomic E-state index is 13.0. The lowest BCUT2D eigenvalue weighted by Gasteiger charge is -2.36. The Bertz CT molecular complexity index is 1310. The molecule has 3 heterocycles. The number of amides is 2. The Kier molecular flexibility index (Phi) is 8.13. The third kappa shape index (κ3) is 6.40. The van der Waals surface area contributed by atoms with E-state index in [0.717, 1.165) is 29.9 Å². The molecule has 0 unspecified atom stereocenters. The fraction of sp³-hybridized carbons (Fsp3) is 0.357. The molecule has 10 nitrogen and oxygen atoms in total. The first-order chi connectivity index (χ1) is 18.9. The van der Waals surface area contributed by atoms with Gasteiger partial charge in [-0.1, -0.05) is 23.7 Å². The Morgan fingerprint density at radius 3 is 2.41 bits per heavy atom. The average molecular weight is 551 g/mol. The molecule has 5 rings (SSSR count). The van der Waals surface area contributed by atoms with Gasteiger partial charge in [0.1, 0.15) is 5.75 Å². The van der Waals surface area contributed by atoms with E-state index in [1.807, 2.05) is 21.9 Å². The van der Waals surface area contributed by atoms with Crippen LogP contribution >= 0.6 is 11.6 Å². The average Bonchev–Trinajstić information content (AvgIpc) is 3.44. The minimum Gasteiger partial charge on any atom is -0.506 e. The molecule has 2 amide bonds. The molecule has 2 fully saturated rings. The number of aromatic nitrogens is 2. The fourth-order valence-electron chi connectivity index (χ4n) is 4.96. The second kappa shape index (κ2) is 11.9. The van der Waals surface area contributed by atoms with Crippen LogP contribution in [0.25, 0.3) is 11.1 Å². The number of hydrogen-bond donors (Lipinski definition) is 2. The Morgan fingerprint density at radius 1 is 1.03 bits per heavy atom. The SMILES string of the molecule is COc1ncc(-c2ccc(N3CCN(C(=O)CN4CC[C@@H](C(=O)Nc5ccc(O)c(Cl)c5)C4)CC3)cc2)cn1. The zero-order valence-electron chi connectivity index (χ0n) is 21.7. The summed E-state index contributed by atoms with van der Waals surface area (Å²) in [6, 6.07) is 13.2. The van der Waals surface area contributed by atoms with Crippen LogP contribution in [0.4, 0.5) is 11.4 Å². The number of anilines is 2. The van der Waals surface area contributed by atoms with Gasteiger partial charge in [0.25, 0.3) is 0 Å². The van der Waals surface area contributed by atoms with Crippen LogP contribution in [-0.4, -0.2) is 89.6 Å². The van der Waals surface area contributed by atoms with Gasteiger partial charge in [-0.25, -0.2) is 9.97 Å². The summed E-state index contributed by atoms with van der Waals surface area (Å²) in [5.74, 6) is -0.240. The summed E-state index contributed by atoms with van der Waals surface area (Å²) >= 11 is 5.93. The molecular weight excluding hydrogens is 520 g/mol. The highest BCUT2D eigenvalue weighted by Gasteiger charge is 2.31. The predicted octanol–water partition coefficient (Wildman–Crippen LogP) is 3.12. The third-order valence-electron chi connectivity index (χ3n) is 7.23. The van der Waals surface area contributed by atoms with E-state index in [4.69, 9.17) is 16.3 Å². The van der Waals surface area contributed by atoms with Gasteiger partial charge in [-0.2, -0.15) is 0 Å². The maximum Gasteiger partial charge on any atom is 0.316 e. The molecule has 1 aromatic heterocycles. The van der Waals surface area contributed by atoms with Crippen molar-refractivity contribution >= 4 is 34.8 Å². The minimum absolute atomic E-state index is 0.0285. The Labute approximate surface area is 232 Å². The van der Waals surface area contributed by atoms with E-state index in [0.29, 0.717) is 50.8 Å². The van der Waals surface area contributed by atoms with Crippen LogP contribution in [0.3, 0.4) is 0 Å². The topological polar surface area (TPSA) is 111 Å². The van der Waals surface area contributed by atoms with Crippen molar-refractivity contribution in [3.8, 4) is 22.9 Å². The van der Waals surface area contributed by atoms with Gasteiger partial charge >= 0.3 is 6.01 Å². The summed E-state index contributed by atoms with van der Waals surface area (Å²) in [5, 5.41) is 12.6. The van der Waals surface area contributed by atoms with Gasteiger partial charge in [0.2, 0.25) is 11.8 Å². The van der Waals surface area contributed by atoms with E-state index in [1.54, 1.807) is 25.6 Å². The highest BCUT2D eigenvalue weighted by atomic mass is 35.5. The van der Waals surface area contributed by atoms with Crippen molar-refractivity contribution < 1.29 is 19.4 Å². The molecule has 0 aliphatic carbocycles. The lowest BCUT2D eigenvalue weighted by Crippen LogP contribution is -2.51. The number of ether oxygens (including phenoxy) is 1. The van der Waals surface area contributed by atoms with Gasteiger partial charge in [0.05, 0.1) is 24.6 Å². The van der Waals surface area contributed by atoms with Crippen LogP contribution in [0.1, 0.15) is 6.42 Å². The monoisotopic (exact) mass is 550 g/mol. The number of aromatic hydroxyl groups is 1. The van der Waals surface area contributed by atoms with Crippen LogP contribution in [0.2, 0.25) is 5.02 Å². The van der Waals surface area contributed by atoms with Crippen molar-refractivity contribution in [2.75, 3.05) is 63.1 Å². The number of methoxy groups -OCH3 is 1.